The first-order valence-electron chi connectivity index (χ1n) is 4.64. The number of piperidine rings is 1. The fourth-order valence-electron chi connectivity index (χ4n) is 1.79. The fraction of sp³-hybridized carbons (Fsp3) is 0.625. The first-order chi connectivity index (χ1) is 6.79. The summed E-state index contributed by atoms with van der Waals surface area (Å²) in [6, 6.07) is 0. The van der Waals surface area contributed by atoms with Crippen molar-refractivity contribution in [2.24, 2.45) is 0 Å². The van der Waals surface area contributed by atoms with Crippen LogP contribution in [0.25, 0.3) is 0 Å². The van der Waals surface area contributed by atoms with E-state index in [2.05, 4.69) is 10.3 Å². The van der Waals surface area contributed by atoms with Gasteiger partial charge in [-0.05, 0) is 19.3 Å². The van der Waals surface area contributed by atoms with E-state index in [-0.39, 0.29) is 6.17 Å². The first kappa shape index (κ1) is 8.98. The Labute approximate surface area is 81.1 Å². The summed E-state index contributed by atoms with van der Waals surface area (Å²) in [6.07, 6.45) is 4.98. The van der Waals surface area contributed by atoms with Crippen molar-refractivity contribution in [3.63, 3.8) is 0 Å². The quantitative estimate of drug-likeness (QED) is 0.725. The van der Waals surface area contributed by atoms with Gasteiger partial charge in [0.15, 0.2) is 0 Å². The molecule has 0 radical (unpaired) electrons. The fourth-order valence-corrected chi connectivity index (χ4v) is 1.79. The molecule has 1 N–H and O–H groups in total. The van der Waals surface area contributed by atoms with E-state index in [1.165, 1.54) is 4.90 Å². The summed E-state index contributed by atoms with van der Waals surface area (Å²) in [4.78, 5) is 12.3. The maximum Gasteiger partial charge on any atom is 0.409 e. The Morgan fingerprint density at radius 1 is 1.50 bits per heavy atom. The summed E-state index contributed by atoms with van der Waals surface area (Å²) in [6.45, 7) is 0.583. The van der Waals surface area contributed by atoms with Gasteiger partial charge < -0.3 is 5.11 Å². The van der Waals surface area contributed by atoms with E-state index >= 15 is 0 Å². The zero-order chi connectivity index (χ0) is 9.97. The number of likely N-dealkylation sites (tertiary alicyclic amines) is 1. The predicted molar refractivity (Wildman–Crippen MR) is 47.6 cm³/mol. The zero-order valence-corrected chi connectivity index (χ0v) is 7.70. The lowest BCUT2D eigenvalue weighted by Crippen LogP contribution is -2.40. The average Bonchev–Trinajstić information content (AvgIpc) is 2.70. The van der Waals surface area contributed by atoms with E-state index in [1.807, 2.05) is 0 Å². The van der Waals surface area contributed by atoms with Crippen molar-refractivity contribution in [2.75, 3.05) is 6.54 Å². The van der Waals surface area contributed by atoms with E-state index in [0.717, 1.165) is 19.3 Å². The molecule has 1 aromatic heterocycles. The Hall–Kier alpha value is -1.59. The molecule has 1 atom stereocenters. The Morgan fingerprint density at radius 2 is 2.36 bits per heavy atom. The third-order valence-corrected chi connectivity index (χ3v) is 2.46. The summed E-state index contributed by atoms with van der Waals surface area (Å²) in [5.41, 5.74) is 0. The van der Waals surface area contributed by atoms with Gasteiger partial charge in [-0.1, -0.05) is 5.21 Å². The Balaban J connectivity index is 2.18. The molecule has 0 aromatic carbocycles. The van der Waals surface area contributed by atoms with Gasteiger partial charge in [-0.15, -0.1) is 5.10 Å². The number of hydrogen-bond donors (Lipinski definition) is 1. The highest BCUT2D eigenvalue weighted by Gasteiger charge is 2.27. The van der Waals surface area contributed by atoms with E-state index in [9.17, 15) is 4.79 Å². The zero-order valence-electron chi connectivity index (χ0n) is 7.70. The van der Waals surface area contributed by atoms with Gasteiger partial charge in [0.2, 0.25) is 0 Å². The molecule has 1 unspecified atom stereocenters. The minimum Gasteiger partial charge on any atom is -0.465 e. The molecule has 14 heavy (non-hydrogen) atoms. The Bertz CT molecular complexity index is 311. The van der Waals surface area contributed by atoms with Crippen LogP contribution in [0.5, 0.6) is 0 Å². The molecule has 1 aliphatic rings. The van der Waals surface area contributed by atoms with Crippen molar-refractivity contribution in [2.45, 2.75) is 25.4 Å². The highest BCUT2D eigenvalue weighted by atomic mass is 16.4. The Kier molecular flexibility index (Phi) is 2.34. The molecule has 6 nitrogen and oxygen atoms in total. The minimum atomic E-state index is -0.884. The van der Waals surface area contributed by atoms with E-state index in [0.29, 0.717) is 6.54 Å². The number of aromatic nitrogens is 3. The number of hydrogen-bond acceptors (Lipinski definition) is 3. The minimum absolute atomic E-state index is 0.177. The first-order valence-corrected chi connectivity index (χ1v) is 4.64. The normalized spacial score (nSPS) is 22.3. The van der Waals surface area contributed by atoms with Crippen molar-refractivity contribution < 1.29 is 9.90 Å². The number of rotatable bonds is 1. The molecule has 2 heterocycles. The number of carbonyl (C=O) groups is 1. The van der Waals surface area contributed by atoms with Gasteiger partial charge in [0, 0.05) is 12.7 Å². The number of amides is 1. The third-order valence-electron chi connectivity index (χ3n) is 2.46. The summed E-state index contributed by atoms with van der Waals surface area (Å²) in [7, 11) is 0. The maximum absolute atomic E-state index is 10.9. The van der Waals surface area contributed by atoms with Gasteiger partial charge in [-0.2, -0.15) is 0 Å². The van der Waals surface area contributed by atoms with Crippen molar-refractivity contribution in [1.29, 1.82) is 0 Å². The molecule has 0 saturated carbocycles. The van der Waals surface area contributed by atoms with Crippen LogP contribution in [-0.4, -0.2) is 37.6 Å². The molecular weight excluding hydrogens is 184 g/mol. The molecule has 1 saturated heterocycles. The summed E-state index contributed by atoms with van der Waals surface area (Å²) in [5.74, 6) is 0. The molecule has 1 amide bonds. The van der Waals surface area contributed by atoms with E-state index in [1.54, 1.807) is 17.1 Å². The number of nitrogens with zero attached hydrogens (tertiary/aromatic N) is 4. The molecule has 1 fully saturated rings. The molecule has 1 aliphatic heterocycles. The van der Waals surface area contributed by atoms with Gasteiger partial charge in [0.1, 0.15) is 6.17 Å². The third kappa shape index (κ3) is 1.55. The van der Waals surface area contributed by atoms with Gasteiger partial charge in [0.25, 0.3) is 0 Å². The van der Waals surface area contributed by atoms with Crippen molar-refractivity contribution in [3.8, 4) is 0 Å². The van der Waals surface area contributed by atoms with Gasteiger partial charge in [0.05, 0.1) is 6.20 Å². The second-order valence-electron chi connectivity index (χ2n) is 3.34. The Morgan fingerprint density at radius 3 is 3.00 bits per heavy atom. The molecule has 0 aliphatic carbocycles. The molecular formula is C8H12N4O2. The number of carboxylic acid groups (broad SMARTS) is 1. The second-order valence-corrected chi connectivity index (χ2v) is 3.34. The highest BCUT2D eigenvalue weighted by Crippen LogP contribution is 2.24. The molecule has 2 rings (SSSR count). The lowest BCUT2D eigenvalue weighted by atomic mass is 10.1. The average molecular weight is 196 g/mol. The maximum atomic E-state index is 10.9. The molecule has 76 valence electrons. The SMILES string of the molecule is O=C(O)N1CCCCC1n1ccnn1. The molecule has 0 bridgehead atoms. The van der Waals surface area contributed by atoms with Crippen LogP contribution in [0.1, 0.15) is 25.4 Å². The molecule has 1 aromatic rings. The van der Waals surface area contributed by atoms with Crippen LogP contribution in [-0.2, 0) is 0 Å². The summed E-state index contributed by atoms with van der Waals surface area (Å²) < 4.78 is 1.60. The van der Waals surface area contributed by atoms with E-state index in [4.69, 9.17) is 5.11 Å². The summed E-state index contributed by atoms with van der Waals surface area (Å²) in [5, 5.41) is 16.5. The van der Waals surface area contributed by atoms with Gasteiger partial charge >= 0.3 is 6.09 Å². The van der Waals surface area contributed by atoms with Crippen LogP contribution in [0.2, 0.25) is 0 Å². The topological polar surface area (TPSA) is 71.2 Å². The van der Waals surface area contributed by atoms with Gasteiger partial charge in [-0.3, -0.25) is 4.90 Å². The van der Waals surface area contributed by atoms with Crippen LogP contribution < -0.4 is 0 Å². The standard InChI is InChI=1S/C8H12N4O2/c13-8(14)11-5-2-1-3-7(11)12-6-4-9-10-12/h4,6-7H,1-3,5H2,(H,13,14). The predicted octanol–water partition coefficient (Wildman–Crippen LogP) is 0.941. The van der Waals surface area contributed by atoms with E-state index < -0.39 is 6.09 Å². The lowest BCUT2D eigenvalue weighted by molar-refractivity contribution is 0.0724. The highest BCUT2D eigenvalue weighted by molar-refractivity contribution is 5.65. The van der Waals surface area contributed by atoms with Gasteiger partial charge in [-0.25, -0.2) is 9.48 Å². The van der Waals surface area contributed by atoms with Crippen LogP contribution in [0.4, 0.5) is 4.79 Å². The lowest BCUT2D eigenvalue weighted by Gasteiger charge is -2.32. The molecule has 0 spiro atoms. The van der Waals surface area contributed by atoms with Crippen molar-refractivity contribution >= 4 is 6.09 Å². The summed E-state index contributed by atoms with van der Waals surface area (Å²) >= 11 is 0. The monoisotopic (exact) mass is 196 g/mol. The van der Waals surface area contributed by atoms with Crippen LogP contribution >= 0.6 is 0 Å². The van der Waals surface area contributed by atoms with Crippen LogP contribution in [0.15, 0.2) is 12.4 Å². The van der Waals surface area contributed by atoms with Crippen LogP contribution in [0.3, 0.4) is 0 Å². The second kappa shape index (κ2) is 3.65. The van der Waals surface area contributed by atoms with Crippen molar-refractivity contribution in [1.82, 2.24) is 19.9 Å². The smallest absolute Gasteiger partial charge is 0.409 e. The largest absolute Gasteiger partial charge is 0.465 e. The molecule has 6 heteroatoms. The van der Waals surface area contributed by atoms with Crippen molar-refractivity contribution in [3.05, 3.63) is 12.4 Å². The van der Waals surface area contributed by atoms with Crippen LogP contribution in [0, 0.1) is 0 Å².